The Balaban J connectivity index is 1.93. The van der Waals surface area contributed by atoms with Gasteiger partial charge in [-0.15, -0.1) is 0 Å². The van der Waals surface area contributed by atoms with Crippen LogP contribution in [0.3, 0.4) is 0 Å². The van der Waals surface area contributed by atoms with Gasteiger partial charge < -0.3 is 10.1 Å². The van der Waals surface area contributed by atoms with E-state index in [1.54, 1.807) is 0 Å². The predicted octanol–water partition coefficient (Wildman–Crippen LogP) is 4.12. The highest BCUT2D eigenvalue weighted by Gasteiger charge is 2.50. The number of nitrogens with one attached hydrogen (secondary N) is 1. The third-order valence-electron chi connectivity index (χ3n) is 5.74. The van der Waals surface area contributed by atoms with Crippen molar-refractivity contribution >= 4 is 0 Å². The van der Waals surface area contributed by atoms with Gasteiger partial charge in [-0.2, -0.15) is 0 Å². The summed E-state index contributed by atoms with van der Waals surface area (Å²) >= 11 is 0. The van der Waals surface area contributed by atoms with Crippen molar-refractivity contribution in [2.45, 2.75) is 63.6 Å². The van der Waals surface area contributed by atoms with Gasteiger partial charge in [-0.3, -0.25) is 0 Å². The van der Waals surface area contributed by atoms with Crippen LogP contribution in [-0.4, -0.2) is 24.3 Å². The van der Waals surface area contributed by atoms with Crippen molar-refractivity contribution in [1.82, 2.24) is 5.32 Å². The third kappa shape index (κ3) is 2.76. The van der Waals surface area contributed by atoms with Crippen molar-refractivity contribution < 1.29 is 4.74 Å². The molecule has 0 amide bonds. The monoisotopic (exact) mass is 287 g/mol. The Labute approximate surface area is 129 Å². The summed E-state index contributed by atoms with van der Waals surface area (Å²) in [6, 6.07) is 11.0. The third-order valence-corrected chi connectivity index (χ3v) is 5.74. The molecule has 116 valence electrons. The molecule has 0 radical (unpaired) electrons. The molecule has 1 saturated carbocycles. The van der Waals surface area contributed by atoms with Gasteiger partial charge in [-0.05, 0) is 31.2 Å². The maximum Gasteiger partial charge on any atom is 0.0882 e. The highest BCUT2D eigenvalue weighted by molar-refractivity contribution is 5.25. The molecule has 0 aromatic heterocycles. The zero-order valence-corrected chi connectivity index (χ0v) is 13.7. The van der Waals surface area contributed by atoms with Crippen molar-refractivity contribution in [3.8, 4) is 0 Å². The van der Waals surface area contributed by atoms with E-state index in [2.05, 4.69) is 56.4 Å². The Morgan fingerprint density at radius 2 is 1.90 bits per heavy atom. The first kappa shape index (κ1) is 15.1. The Morgan fingerprint density at radius 3 is 2.62 bits per heavy atom. The molecule has 2 fully saturated rings. The lowest BCUT2D eigenvalue weighted by molar-refractivity contribution is -0.209. The zero-order valence-electron chi connectivity index (χ0n) is 13.7. The van der Waals surface area contributed by atoms with Crippen LogP contribution in [0.1, 0.15) is 57.9 Å². The first-order chi connectivity index (χ1) is 10.1. The summed E-state index contributed by atoms with van der Waals surface area (Å²) in [4.78, 5) is 0. The van der Waals surface area contributed by atoms with Crippen LogP contribution in [0.4, 0.5) is 0 Å². The van der Waals surface area contributed by atoms with Gasteiger partial charge in [0.25, 0.3) is 0 Å². The van der Waals surface area contributed by atoms with E-state index in [0.29, 0.717) is 11.8 Å². The molecule has 0 bridgehead atoms. The second-order valence-corrected chi connectivity index (χ2v) is 7.45. The summed E-state index contributed by atoms with van der Waals surface area (Å²) in [6.45, 7) is 8.80. The van der Waals surface area contributed by atoms with Crippen LogP contribution in [0.15, 0.2) is 30.3 Å². The van der Waals surface area contributed by atoms with Gasteiger partial charge in [-0.25, -0.2) is 0 Å². The number of hydrogen-bond acceptors (Lipinski definition) is 2. The lowest BCUT2D eigenvalue weighted by atomic mass is 9.70. The normalized spacial score (nSPS) is 37.0. The quantitative estimate of drug-likeness (QED) is 0.883. The lowest BCUT2D eigenvalue weighted by Gasteiger charge is -2.54. The maximum atomic E-state index is 6.87. The molecule has 1 aromatic rings. The minimum Gasteiger partial charge on any atom is -0.365 e. The number of rotatable bonds is 2. The number of ether oxygens (including phenoxy) is 1. The van der Waals surface area contributed by atoms with Crippen molar-refractivity contribution in [3.63, 3.8) is 0 Å². The van der Waals surface area contributed by atoms with Crippen LogP contribution in [-0.2, 0) is 4.74 Å². The van der Waals surface area contributed by atoms with Crippen LogP contribution in [0, 0.1) is 5.92 Å². The largest absolute Gasteiger partial charge is 0.365 e. The molecule has 21 heavy (non-hydrogen) atoms. The van der Waals surface area contributed by atoms with E-state index < -0.39 is 0 Å². The standard InChI is InChI=1S/C19H29NO/c1-15(2)18(3)13-20-14-19(21-18)12-8-7-11-17(19)16-9-5-4-6-10-16/h4-6,9-10,15,17,20H,7-8,11-14H2,1-3H3. The average Bonchev–Trinajstić information content (AvgIpc) is 2.48. The van der Waals surface area contributed by atoms with E-state index in [1.165, 1.54) is 31.2 Å². The number of hydrogen-bond donors (Lipinski definition) is 1. The smallest absolute Gasteiger partial charge is 0.0882 e. The molecule has 2 nitrogen and oxygen atoms in total. The molecule has 2 aliphatic rings. The Morgan fingerprint density at radius 1 is 1.14 bits per heavy atom. The summed E-state index contributed by atoms with van der Waals surface area (Å²) < 4.78 is 6.87. The minimum atomic E-state index is -0.0530. The van der Waals surface area contributed by atoms with Gasteiger partial charge in [0.1, 0.15) is 0 Å². The first-order valence-corrected chi connectivity index (χ1v) is 8.52. The highest BCUT2D eigenvalue weighted by Crippen LogP contribution is 2.47. The topological polar surface area (TPSA) is 21.3 Å². The molecule has 1 aliphatic carbocycles. The average molecular weight is 287 g/mol. The van der Waals surface area contributed by atoms with E-state index in [-0.39, 0.29) is 11.2 Å². The summed E-state index contributed by atoms with van der Waals surface area (Å²) in [5, 5.41) is 3.69. The molecule has 1 spiro atoms. The minimum absolute atomic E-state index is 0.0170. The fraction of sp³-hybridized carbons (Fsp3) is 0.684. The van der Waals surface area contributed by atoms with Crippen LogP contribution < -0.4 is 5.32 Å². The van der Waals surface area contributed by atoms with E-state index in [4.69, 9.17) is 4.74 Å². The highest BCUT2D eigenvalue weighted by atomic mass is 16.5. The fourth-order valence-electron chi connectivity index (χ4n) is 4.08. The van der Waals surface area contributed by atoms with E-state index in [9.17, 15) is 0 Å². The summed E-state index contributed by atoms with van der Waals surface area (Å²) in [5.41, 5.74) is 1.38. The van der Waals surface area contributed by atoms with Crippen molar-refractivity contribution in [2.24, 2.45) is 5.92 Å². The Bertz CT molecular complexity index is 468. The summed E-state index contributed by atoms with van der Waals surface area (Å²) in [7, 11) is 0. The lowest BCUT2D eigenvalue weighted by Crippen LogP contribution is -2.63. The van der Waals surface area contributed by atoms with Gasteiger partial charge in [-0.1, -0.05) is 57.0 Å². The SMILES string of the molecule is CC(C)C1(C)CNCC2(CCCCC2c2ccccc2)O1. The summed E-state index contributed by atoms with van der Waals surface area (Å²) in [6.07, 6.45) is 5.05. The molecule has 1 aliphatic heterocycles. The van der Waals surface area contributed by atoms with E-state index >= 15 is 0 Å². The molecule has 1 N–H and O–H groups in total. The Hall–Kier alpha value is -0.860. The van der Waals surface area contributed by atoms with Crippen LogP contribution in [0.5, 0.6) is 0 Å². The first-order valence-electron chi connectivity index (χ1n) is 8.52. The second-order valence-electron chi connectivity index (χ2n) is 7.45. The van der Waals surface area contributed by atoms with Gasteiger partial charge in [0.2, 0.25) is 0 Å². The molecule has 3 rings (SSSR count). The fourth-order valence-corrected chi connectivity index (χ4v) is 4.08. The van der Waals surface area contributed by atoms with Crippen molar-refractivity contribution in [3.05, 3.63) is 35.9 Å². The molecular formula is C19H29NO. The molecule has 1 saturated heterocycles. The van der Waals surface area contributed by atoms with Gasteiger partial charge in [0.15, 0.2) is 0 Å². The predicted molar refractivity (Wildman–Crippen MR) is 87.6 cm³/mol. The summed E-state index contributed by atoms with van der Waals surface area (Å²) in [5.74, 6) is 1.05. The molecule has 3 unspecified atom stereocenters. The zero-order chi connectivity index (χ0) is 14.9. The number of morpholine rings is 1. The van der Waals surface area contributed by atoms with Gasteiger partial charge in [0.05, 0.1) is 11.2 Å². The van der Waals surface area contributed by atoms with Crippen molar-refractivity contribution in [2.75, 3.05) is 13.1 Å². The maximum absolute atomic E-state index is 6.87. The van der Waals surface area contributed by atoms with Gasteiger partial charge in [0, 0.05) is 19.0 Å². The van der Waals surface area contributed by atoms with E-state index in [0.717, 1.165) is 13.1 Å². The van der Waals surface area contributed by atoms with E-state index in [1.807, 2.05) is 0 Å². The van der Waals surface area contributed by atoms with Crippen molar-refractivity contribution in [1.29, 1.82) is 0 Å². The molecule has 2 heteroatoms. The molecule has 1 heterocycles. The van der Waals surface area contributed by atoms with Crippen LogP contribution in [0.25, 0.3) is 0 Å². The molecule has 1 aromatic carbocycles. The molecular weight excluding hydrogens is 258 g/mol. The molecule has 3 atom stereocenters. The van der Waals surface area contributed by atoms with Gasteiger partial charge >= 0.3 is 0 Å². The second kappa shape index (κ2) is 5.73. The van der Waals surface area contributed by atoms with Crippen LogP contribution in [0.2, 0.25) is 0 Å². The Kier molecular flexibility index (Phi) is 4.11. The van der Waals surface area contributed by atoms with Crippen LogP contribution >= 0.6 is 0 Å². The number of benzene rings is 1.